The Morgan fingerprint density at radius 3 is 2.28 bits per heavy atom. The number of pyridine rings is 1. The zero-order chi connectivity index (χ0) is 18.6. The van der Waals surface area contributed by atoms with Crippen LogP contribution in [0.1, 0.15) is 16.1 Å². The van der Waals surface area contributed by atoms with Crippen LogP contribution in [0.2, 0.25) is 0 Å². The maximum Gasteiger partial charge on any atom is 0.352 e. The first kappa shape index (κ1) is 17.3. The molecule has 132 valence electrons. The van der Waals surface area contributed by atoms with E-state index in [4.69, 9.17) is 9.47 Å². The maximum absolute atomic E-state index is 12.9. The van der Waals surface area contributed by atoms with Crippen LogP contribution < -0.4 is 5.43 Å². The van der Waals surface area contributed by atoms with Gasteiger partial charge in [0.15, 0.2) is 0 Å². The predicted octanol–water partition coefficient (Wildman–Crippen LogP) is 0.0845. The third-order valence-corrected chi connectivity index (χ3v) is 4.71. The van der Waals surface area contributed by atoms with Crippen molar-refractivity contribution < 1.29 is 28.9 Å². The summed E-state index contributed by atoms with van der Waals surface area (Å²) in [4.78, 5) is 38.1. The minimum absolute atomic E-state index is 0.0425. The smallest absolute Gasteiger partial charge is 0.352 e. The number of para-hydroxylation sites is 1. The van der Waals surface area contributed by atoms with Crippen LogP contribution in [0.15, 0.2) is 29.1 Å². The lowest BCUT2D eigenvalue weighted by Gasteiger charge is -2.37. The monoisotopic (exact) mass is 347 g/mol. The Hall–Kier alpha value is -2.55. The Kier molecular flexibility index (Phi) is 3.79. The molecule has 0 saturated heterocycles. The number of esters is 1. The number of aryl methyl sites for hydroxylation is 1. The number of fused-ring (bicyclic) bond motifs is 2. The quantitative estimate of drug-likeness (QED) is 0.476. The number of methoxy groups -OCH3 is 3. The van der Waals surface area contributed by atoms with Gasteiger partial charge in [-0.1, -0.05) is 12.1 Å². The van der Waals surface area contributed by atoms with Gasteiger partial charge in [-0.25, -0.2) is 4.79 Å². The molecule has 0 radical (unpaired) electrons. The average Bonchev–Trinajstić information content (AvgIpc) is 2.85. The van der Waals surface area contributed by atoms with Gasteiger partial charge in [0.1, 0.15) is 0 Å². The molecule has 0 fully saturated rings. The molecule has 1 heterocycles. The normalized spacial score (nSPS) is 21.4. The third kappa shape index (κ3) is 1.78. The van der Waals surface area contributed by atoms with E-state index in [9.17, 15) is 19.5 Å². The van der Waals surface area contributed by atoms with E-state index in [0.717, 1.165) is 7.11 Å². The van der Waals surface area contributed by atoms with Gasteiger partial charge in [0.05, 0.1) is 23.9 Å². The highest BCUT2D eigenvalue weighted by Crippen LogP contribution is 2.47. The van der Waals surface area contributed by atoms with Gasteiger partial charge in [0.25, 0.3) is 11.4 Å². The van der Waals surface area contributed by atoms with E-state index in [-0.39, 0.29) is 16.6 Å². The minimum Gasteiger partial charge on any atom is -0.466 e. The summed E-state index contributed by atoms with van der Waals surface area (Å²) in [6.07, 6.45) is 0. The van der Waals surface area contributed by atoms with Gasteiger partial charge in [-0.05, 0) is 12.1 Å². The molecule has 1 unspecified atom stereocenters. The van der Waals surface area contributed by atoms with Crippen molar-refractivity contribution in [3.05, 3.63) is 45.7 Å². The number of ketones is 1. The lowest BCUT2D eigenvalue weighted by Crippen LogP contribution is -2.60. The van der Waals surface area contributed by atoms with Crippen molar-refractivity contribution in [3.63, 3.8) is 0 Å². The summed E-state index contributed by atoms with van der Waals surface area (Å²) in [6.45, 7) is 0. The summed E-state index contributed by atoms with van der Waals surface area (Å²) in [7, 11) is 4.93. The molecule has 0 spiro atoms. The molecule has 8 nitrogen and oxygen atoms in total. The molecule has 1 aromatic carbocycles. The Morgan fingerprint density at radius 1 is 1.12 bits per heavy atom. The van der Waals surface area contributed by atoms with Gasteiger partial charge in [0, 0.05) is 26.7 Å². The van der Waals surface area contributed by atoms with Crippen molar-refractivity contribution in [3.8, 4) is 0 Å². The molecule has 3 rings (SSSR count). The summed E-state index contributed by atoms with van der Waals surface area (Å²) >= 11 is 0. The van der Waals surface area contributed by atoms with E-state index in [0.29, 0.717) is 5.52 Å². The van der Waals surface area contributed by atoms with E-state index >= 15 is 0 Å². The van der Waals surface area contributed by atoms with E-state index < -0.39 is 28.6 Å². The second kappa shape index (κ2) is 5.48. The fourth-order valence-corrected chi connectivity index (χ4v) is 3.53. The van der Waals surface area contributed by atoms with Crippen molar-refractivity contribution in [2.45, 2.75) is 11.4 Å². The number of aliphatic hydroxyl groups is 1. The lowest BCUT2D eigenvalue weighted by atomic mass is 9.93. The third-order valence-electron chi connectivity index (χ3n) is 4.71. The Labute approximate surface area is 142 Å². The molecule has 0 saturated carbocycles. The minimum atomic E-state index is -2.85. The van der Waals surface area contributed by atoms with E-state index in [1.54, 1.807) is 31.3 Å². The highest BCUT2D eigenvalue weighted by atomic mass is 16.7. The molecular weight excluding hydrogens is 330 g/mol. The summed E-state index contributed by atoms with van der Waals surface area (Å²) in [5, 5.41) is 11.3. The number of hydrogen-bond donors (Lipinski definition) is 1. The summed E-state index contributed by atoms with van der Waals surface area (Å²) < 4.78 is 16.7. The largest absolute Gasteiger partial charge is 0.466 e. The number of hydrogen-bond acceptors (Lipinski definition) is 7. The van der Waals surface area contributed by atoms with Crippen molar-refractivity contribution in [1.82, 2.24) is 4.57 Å². The van der Waals surface area contributed by atoms with Gasteiger partial charge in [-0.3, -0.25) is 9.59 Å². The number of rotatable bonds is 3. The van der Waals surface area contributed by atoms with Crippen molar-refractivity contribution in [1.29, 1.82) is 0 Å². The summed E-state index contributed by atoms with van der Waals surface area (Å²) in [6, 6.07) is 6.61. The van der Waals surface area contributed by atoms with Crippen LogP contribution in [-0.4, -0.2) is 48.4 Å². The molecule has 2 aromatic rings. The van der Waals surface area contributed by atoms with Crippen molar-refractivity contribution in [2.24, 2.45) is 7.05 Å². The maximum atomic E-state index is 12.9. The fourth-order valence-electron chi connectivity index (χ4n) is 3.53. The van der Waals surface area contributed by atoms with Crippen LogP contribution in [-0.2, 0) is 31.8 Å². The molecule has 0 aliphatic heterocycles. The molecule has 1 atom stereocenters. The zero-order valence-corrected chi connectivity index (χ0v) is 14.2. The Balaban J connectivity index is 2.56. The fraction of sp³-hybridized carbons (Fsp3) is 0.353. The Morgan fingerprint density at radius 2 is 1.72 bits per heavy atom. The number of carbonyl (C=O) groups excluding carboxylic acids is 2. The molecule has 1 aromatic heterocycles. The zero-order valence-electron chi connectivity index (χ0n) is 14.2. The molecule has 1 aliphatic carbocycles. The first-order valence-electron chi connectivity index (χ1n) is 7.39. The highest BCUT2D eigenvalue weighted by Gasteiger charge is 2.72. The van der Waals surface area contributed by atoms with Crippen LogP contribution in [0.4, 0.5) is 0 Å². The second-order valence-electron chi connectivity index (χ2n) is 5.68. The van der Waals surface area contributed by atoms with Crippen LogP contribution >= 0.6 is 0 Å². The molecule has 1 aliphatic rings. The van der Waals surface area contributed by atoms with Gasteiger partial charge in [-0.2, -0.15) is 0 Å². The number of benzene rings is 1. The first-order valence-corrected chi connectivity index (χ1v) is 7.39. The number of aromatic nitrogens is 1. The van der Waals surface area contributed by atoms with E-state index in [1.165, 1.54) is 18.8 Å². The molecule has 8 heteroatoms. The molecule has 1 N–H and O–H groups in total. The van der Waals surface area contributed by atoms with Crippen molar-refractivity contribution in [2.75, 3.05) is 21.3 Å². The van der Waals surface area contributed by atoms with Crippen LogP contribution in [0.25, 0.3) is 10.9 Å². The number of carbonyl (C=O) groups is 2. The predicted molar refractivity (Wildman–Crippen MR) is 86.2 cm³/mol. The number of nitrogens with zero attached hydrogens (tertiary/aromatic N) is 1. The number of ether oxygens (including phenoxy) is 3. The highest BCUT2D eigenvalue weighted by molar-refractivity contribution is 6.20. The molecular formula is C17H17NO7. The van der Waals surface area contributed by atoms with Gasteiger partial charge >= 0.3 is 5.97 Å². The summed E-state index contributed by atoms with van der Waals surface area (Å²) in [5.74, 6) is -4.62. The van der Waals surface area contributed by atoms with E-state index in [2.05, 4.69) is 4.74 Å². The summed E-state index contributed by atoms with van der Waals surface area (Å²) in [5.41, 5.74) is -3.38. The van der Waals surface area contributed by atoms with Gasteiger partial charge < -0.3 is 23.9 Å². The van der Waals surface area contributed by atoms with Gasteiger partial charge in [-0.15, -0.1) is 0 Å². The molecule has 0 amide bonds. The lowest BCUT2D eigenvalue weighted by molar-refractivity contribution is -0.289. The Bertz CT molecular complexity index is 957. The standard InChI is InChI=1S/C17H17NO7/c1-18-10-8-6-5-7-9(10)12(19)11-13(18)17(24-3,25-4)16(22,14(11)20)15(21)23-2/h5-8,22H,1-4H3. The van der Waals surface area contributed by atoms with Crippen molar-refractivity contribution >= 4 is 22.7 Å². The van der Waals surface area contributed by atoms with Crippen LogP contribution in [0.5, 0.6) is 0 Å². The number of Topliss-reactive ketones (excluding diaryl/α,β-unsaturated/α-hetero) is 1. The molecule has 0 bridgehead atoms. The molecule has 25 heavy (non-hydrogen) atoms. The second-order valence-corrected chi connectivity index (χ2v) is 5.68. The SMILES string of the molecule is COC(=O)C1(O)C(=O)c2c(n(C)c3ccccc3c2=O)C1(OC)OC. The van der Waals surface area contributed by atoms with Crippen LogP contribution in [0, 0.1) is 0 Å². The van der Waals surface area contributed by atoms with Crippen LogP contribution in [0.3, 0.4) is 0 Å². The first-order chi connectivity index (χ1) is 11.8. The van der Waals surface area contributed by atoms with E-state index in [1.807, 2.05) is 0 Å². The average molecular weight is 347 g/mol. The van der Waals surface area contributed by atoms with Gasteiger partial charge in [0.2, 0.25) is 11.2 Å². The topological polar surface area (TPSA) is 104 Å².